The maximum absolute atomic E-state index is 5.44. The molecule has 1 aliphatic heterocycles. The van der Waals surface area contributed by atoms with Crippen LogP contribution in [0, 0.1) is 3.70 Å². The first-order chi connectivity index (χ1) is 6.38. The van der Waals surface area contributed by atoms with Crippen molar-refractivity contribution in [3.63, 3.8) is 0 Å². The molecule has 13 heavy (non-hydrogen) atoms. The summed E-state index contributed by atoms with van der Waals surface area (Å²) in [6, 6.07) is 0. The van der Waals surface area contributed by atoms with Crippen LogP contribution in [0.1, 0.15) is 18.3 Å². The molecule has 1 aromatic heterocycles. The summed E-state index contributed by atoms with van der Waals surface area (Å²) in [5.74, 6) is 0. The zero-order valence-electron chi connectivity index (χ0n) is 6.94. The Bertz CT molecular complexity index is 289. The van der Waals surface area contributed by atoms with Gasteiger partial charge in [-0.2, -0.15) is 0 Å². The predicted molar refractivity (Wildman–Crippen MR) is 54.0 cm³/mol. The van der Waals surface area contributed by atoms with Crippen LogP contribution in [0.15, 0.2) is 12.5 Å². The Balaban J connectivity index is 2.18. The number of ether oxygens (including phenoxy) is 2. The molecule has 1 fully saturated rings. The number of halogens is 1. The molecule has 0 bridgehead atoms. The first kappa shape index (κ1) is 9.29. The Morgan fingerprint density at radius 3 is 2.85 bits per heavy atom. The zero-order valence-corrected chi connectivity index (χ0v) is 9.10. The lowest BCUT2D eigenvalue weighted by Crippen LogP contribution is -2.19. The highest BCUT2D eigenvalue weighted by molar-refractivity contribution is 14.1. The largest absolute Gasteiger partial charge is 0.348 e. The first-order valence-corrected chi connectivity index (χ1v) is 5.14. The van der Waals surface area contributed by atoms with E-state index in [0.29, 0.717) is 0 Å². The fourth-order valence-electron chi connectivity index (χ4n) is 1.15. The molecule has 0 aliphatic carbocycles. The van der Waals surface area contributed by atoms with E-state index in [1.165, 1.54) is 6.33 Å². The van der Waals surface area contributed by atoms with Gasteiger partial charge in [0.1, 0.15) is 10.0 Å². The zero-order chi connectivity index (χ0) is 9.10. The van der Waals surface area contributed by atoms with Gasteiger partial charge in [0.05, 0.1) is 18.8 Å². The third-order valence-corrected chi connectivity index (χ3v) is 2.67. The molecule has 4 nitrogen and oxygen atoms in total. The first-order valence-electron chi connectivity index (χ1n) is 4.06. The fraction of sp³-hybridized carbons (Fsp3) is 0.500. The van der Waals surface area contributed by atoms with Gasteiger partial charge in [0, 0.05) is 6.20 Å². The summed E-state index contributed by atoms with van der Waals surface area (Å²) >= 11 is 2.15. The van der Waals surface area contributed by atoms with Gasteiger partial charge in [-0.3, -0.25) is 0 Å². The van der Waals surface area contributed by atoms with Crippen molar-refractivity contribution in [2.75, 3.05) is 13.2 Å². The molecule has 0 radical (unpaired) electrons. The highest BCUT2D eigenvalue weighted by Gasteiger charge is 2.19. The minimum absolute atomic E-state index is 0.276. The van der Waals surface area contributed by atoms with E-state index in [1.54, 1.807) is 6.20 Å². The monoisotopic (exact) mass is 292 g/mol. The minimum Gasteiger partial charge on any atom is -0.348 e. The maximum Gasteiger partial charge on any atom is 0.187 e. The normalized spacial score (nSPS) is 18.8. The number of hydrogen-bond donors (Lipinski definition) is 0. The average Bonchev–Trinajstić information content (AvgIpc) is 2.20. The van der Waals surface area contributed by atoms with Crippen LogP contribution in [0.5, 0.6) is 0 Å². The smallest absolute Gasteiger partial charge is 0.187 e. The Kier molecular flexibility index (Phi) is 3.07. The highest BCUT2D eigenvalue weighted by Crippen LogP contribution is 2.24. The third-order valence-electron chi connectivity index (χ3n) is 1.77. The van der Waals surface area contributed by atoms with Crippen LogP contribution in [0.2, 0.25) is 0 Å². The number of hydrogen-bond acceptors (Lipinski definition) is 4. The van der Waals surface area contributed by atoms with Crippen molar-refractivity contribution in [3.8, 4) is 0 Å². The molecule has 0 aromatic carbocycles. The van der Waals surface area contributed by atoms with Crippen molar-refractivity contribution in [2.45, 2.75) is 12.7 Å². The van der Waals surface area contributed by atoms with E-state index >= 15 is 0 Å². The molecule has 1 saturated heterocycles. The second-order valence-electron chi connectivity index (χ2n) is 2.70. The molecule has 0 saturated carbocycles. The van der Waals surface area contributed by atoms with Gasteiger partial charge in [-0.15, -0.1) is 0 Å². The Morgan fingerprint density at radius 2 is 2.15 bits per heavy atom. The van der Waals surface area contributed by atoms with E-state index in [1.807, 2.05) is 0 Å². The Labute approximate surface area is 89.8 Å². The van der Waals surface area contributed by atoms with E-state index in [2.05, 4.69) is 32.6 Å². The molecular formula is C8H9IN2O2. The molecule has 1 aliphatic rings. The lowest BCUT2D eigenvalue weighted by atomic mass is 10.3. The van der Waals surface area contributed by atoms with Gasteiger partial charge in [0.25, 0.3) is 0 Å². The van der Waals surface area contributed by atoms with Gasteiger partial charge >= 0.3 is 0 Å². The lowest BCUT2D eigenvalue weighted by Gasteiger charge is -2.23. The van der Waals surface area contributed by atoms with Crippen LogP contribution in [0.4, 0.5) is 0 Å². The Hall–Kier alpha value is -0.270. The van der Waals surface area contributed by atoms with E-state index < -0.39 is 0 Å². The lowest BCUT2D eigenvalue weighted by molar-refractivity contribution is -0.183. The van der Waals surface area contributed by atoms with E-state index in [9.17, 15) is 0 Å². The van der Waals surface area contributed by atoms with Crippen molar-refractivity contribution in [1.82, 2.24) is 9.97 Å². The molecule has 2 rings (SSSR count). The van der Waals surface area contributed by atoms with Crippen LogP contribution in [-0.4, -0.2) is 23.2 Å². The molecule has 0 spiro atoms. The second kappa shape index (κ2) is 4.30. The van der Waals surface area contributed by atoms with E-state index in [0.717, 1.165) is 28.9 Å². The molecule has 0 amide bonds. The van der Waals surface area contributed by atoms with Gasteiger partial charge in [-0.1, -0.05) is 0 Å². The molecule has 2 heterocycles. The van der Waals surface area contributed by atoms with Gasteiger partial charge in [-0.25, -0.2) is 9.97 Å². The molecule has 70 valence electrons. The summed E-state index contributed by atoms with van der Waals surface area (Å²) in [5.41, 5.74) is 0.919. The van der Waals surface area contributed by atoms with Gasteiger partial charge in [0.15, 0.2) is 6.29 Å². The van der Waals surface area contributed by atoms with E-state index in [-0.39, 0.29) is 6.29 Å². The highest BCUT2D eigenvalue weighted by atomic mass is 127. The van der Waals surface area contributed by atoms with Crippen molar-refractivity contribution < 1.29 is 9.47 Å². The topological polar surface area (TPSA) is 44.2 Å². The maximum atomic E-state index is 5.44. The van der Waals surface area contributed by atoms with Crippen molar-refractivity contribution >= 4 is 22.6 Å². The third kappa shape index (κ3) is 2.15. The molecular weight excluding hydrogens is 283 g/mol. The van der Waals surface area contributed by atoms with Crippen molar-refractivity contribution in [1.29, 1.82) is 0 Å². The minimum atomic E-state index is -0.276. The molecule has 1 aromatic rings. The number of nitrogens with zero attached hydrogens (tertiary/aromatic N) is 2. The van der Waals surface area contributed by atoms with Gasteiger partial charge in [-0.05, 0) is 29.0 Å². The van der Waals surface area contributed by atoms with Crippen LogP contribution in [-0.2, 0) is 9.47 Å². The van der Waals surface area contributed by atoms with E-state index in [4.69, 9.17) is 9.47 Å². The summed E-state index contributed by atoms with van der Waals surface area (Å²) in [4.78, 5) is 8.01. The summed E-state index contributed by atoms with van der Waals surface area (Å²) in [7, 11) is 0. The molecule has 0 atom stereocenters. The van der Waals surface area contributed by atoms with Gasteiger partial charge in [0.2, 0.25) is 0 Å². The average molecular weight is 292 g/mol. The standard InChI is InChI=1S/C8H9IN2O2/c9-7-6(4-10-5-11-7)8-12-2-1-3-13-8/h4-5,8H,1-3H2. The Morgan fingerprint density at radius 1 is 1.38 bits per heavy atom. The van der Waals surface area contributed by atoms with Crippen molar-refractivity contribution in [3.05, 3.63) is 21.8 Å². The number of rotatable bonds is 1. The fourth-order valence-corrected chi connectivity index (χ4v) is 1.67. The van der Waals surface area contributed by atoms with Crippen molar-refractivity contribution in [2.24, 2.45) is 0 Å². The van der Waals surface area contributed by atoms with Gasteiger partial charge < -0.3 is 9.47 Å². The molecule has 0 unspecified atom stereocenters. The second-order valence-corrected chi connectivity index (χ2v) is 3.72. The summed E-state index contributed by atoms with van der Waals surface area (Å²) < 4.78 is 11.8. The summed E-state index contributed by atoms with van der Waals surface area (Å²) in [6.45, 7) is 1.49. The SMILES string of the molecule is Ic1ncncc1C1OCCCO1. The summed E-state index contributed by atoms with van der Waals surface area (Å²) in [6.07, 6.45) is 3.95. The van der Waals surface area contributed by atoms with Crippen LogP contribution >= 0.6 is 22.6 Å². The van der Waals surface area contributed by atoms with Crippen LogP contribution in [0.25, 0.3) is 0 Å². The molecule has 0 N–H and O–H groups in total. The number of aromatic nitrogens is 2. The quantitative estimate of drug-likeness (QED) is 0.581. The predicted octanol–water partition coefficient (Wildman–Crippen LogP) is 1.52. The van der Waals surface area contributed by atoms with Crippen LogP contribution in [0.3, 0.4) is 0 Å². The molecule has 5 heteroatoms. The van der Waals surface area contributed by atoms with Crippen LogP contribution < -0.4 is 0 Å². The summed E-state index contributed by atoms with van der Waals surface area (Å²) in [5, 5.41) is 0.